The van der Waals surface area contributed by atoms with E-state index < -0.39 is 0 Å². The third kappa shape index (κ3) is 2.43. The molecule has 1 aromatic rings. The molecule has 1 aliphatic rings. The van der Waals surface area contributed by atoms with E-state index in [2.05, 4.69) is 36.1 Å². The van der Waals surface area contributed by atoms with Crippen molar-refractivity contribution in [1.82, 2.24) is 9.97 Å². The van der Waals surface area contributed by atoms with Gasteiger partial charge in [0.05, 0.1) is 0 Å². The largest absolute Gasteiger partial charge is 0.384 e. The van der Waals surface area contributed by atoms with Gasteiger partial charge < -0.3 is 11.1 Å². The van der Waals surface area contributed by atoms with Gasteiger partial charge in [0.2, 0.25) is 0 Å². The lowest BCUT2D eigenvalue weighted by Gasteiger charge is -2.09. The maximum absolute atomic E-state index is 5.76. The molecule has 1 atom stereocenters. The van der Waals surface area contributed by atoms with Crippen molar-refractivity contribution in [2.45, 2.75) is 46.1 Å². The fourth-order valence-electron chi connectivity index (χ4n) is 1.82. The van der Waals surface area contributed by atoms with Crippen molar-refractivity contribution in [3.63, 3.8) is 0 Å². The predicted octanol–water partition coefficient (Wildman–Crippen LogP) is 2.22. The average Bonchev–Trinajstić information content (AvgIpc) is 2.72. The minimum Gasteiger partial charge on any atom is -0.384 e. The molecule has 1 aromatic heterocycles. The Kier molecular flexibility index (Phi) is 2.74. The maximum Gasteiger partial charge on any atom is 0.133 e. The van der Waals surface area contributed by atoms with Crippen molar-refractivity contribution in [1.29, 1.82) is 0 Å². The van der Waals surface area contributed by atoms with Crippen LogP contribution in [0.5, 0.6) is 0 Å². The second-order valence-electron chi connectivity index (χ2n) is 5.23. The number of nitrogens with two attached hydrogens (primary N) is 1. The SMILES string of the molecule is CCCc1nc(N)cc(NC2CC2(C)C)n1. The molecule has 1 unspecified atom stereocenters. The van der Waals surface area contributed by atoms with Crippen molar-refractivity contribution in [2.75, 3.05) is 11.1 Å². The summed E-state index contributed by atoms with van der Waals surface area (Å²) in [5.41, 5.74) is 6.16. The summed E-state index contributed by atoms with van der Waals surface area (Å²) in [6, 6.07) is 2.34. The van der Waals surface area contributed by atoms with Crippen molar-refractivity contribution in [3.05, 3.63) is 11.9 Å². The number of nitrogens with zero attached hydrogens (tertiary/aromatic N) is 2. The van der Waals surface area contributed by atoms with E-state index >= 15 is 0 Å². The molecule has 4 nitrogen and oxygen atoms in total. The van der Waals surface area contributed by atoms with Crippen LogP contribution in [0.2, 0.25) is 0 Å². The normalized spacial score (nSPS) is 21.8. The van der Waals surface area contributed by atoms with E-state index in [-0.39, 0.29) is 0 Å². The number of nitrogen functional groups attached to an aromatic ring is 1. The van der Waals surface area contributed by atoms with Crippen LogP contribution in [0.4, 0.5) is 11.6 Å². The first-order chi connectivity index (χ1) is 7.51. The van der Waals surface area contributed by atoms with E-state index in [0.717, 1.165) is 24.5 Å². The van der Waals surface area contributed by atoms with Gasteiger partial charge in [0.25, 0.3) is 0 Å². The van der Waals surface area contributed by atoms with Gasteiger partial charge in [-0.1, -0.05) is 20.8 Å². The first-order valence-electron chi connectivity index (χ1n) is 5.91. The first-order valence-corrected chi connectivity index (χ1v) is 5.91. The Morgan fingerprint density at radius 2 is 2.19 bits per heavy atom. The summed E-state index contributed by atoms with van der Waals surface area (Å²) >= 11 is 0. The highest BCUT2D eigenvalue weighted by Gasteiger charge is 2.45. The Bertz CT molecular complexity index is 387. The quantitative estimate of drug-likeness (QED) is 0.816. The Labute approximate surface area is 96.7 Å². The van der Waals surface area contributed by atoms with Crippen molar-refractivity contribution in [3.8, 4) is 0 Å². The number of anilines is 2. The Morgan fingerprint density at radius 3 is 2.75 bits per heavy atom. The van der Waals surface area contributed by atoms with Crippen LogP contribution in [-0.4, -0.2) is 16.0 Å². The molecular formula is C12H20N4. The second-order valence-corrected chi connectivity index (χ2v) is 5.23. The molecule has 0 aromatic carbocycles. The molecule has 1 fully saturated rings. The van der Waals surface area contributed by atoms with Gasteiger partial charge in [-0.05, 0) is 18.3 Å². The highest BCUT2D eigenvalue weighted by atomic mass is 15.1. The molecule has 0 spiro atoms. The molecular weight excluding hydrogens is 200 g/mol. The van der Waals surface area contributed by atoms with Crippen molar-refractivity contribution >= 4 is 11.6 Å². The number of hydrogen-bond acceptors (Lipinski definition) is 4. The lowest BCUT2D eigenvalue weighted by molar-refractivity contribution is 0.629. The number of aromatic nitrogens is 2. The molecule has 0 radical (unpaired) electrons. The summed E-state index contributed by atoms with van der Waals surface area (Å²) < 4.78 is 0. The lowest BCUT2D eigenvalue weighted by atomic mass is 10.2. The molecule has 2 rings (SSSR count). The van der Waals surface area contributed by atoms with Crippen LogP contribution < -0.4 is 11.1 Å². The number of nitrogens with one attached hydrogen (secondary N) is 1. The molecule has 0 aliphatic heterocycles. The topological polar surface area (TPSA) is 63.8 Å². The molecule has 1 saturated carbocycles. The number of rotatable bonds is 4. The third-order valence-electron chi connectivity index (χ3n) is 3.10. The van der Waals surface area contributed by atoms with Crippen LogP contribution in [0.3, 0.4) is 0 Å². The van der Waals surface area contributed by atoms with Crippen molar-refractivity contribution in [2.24, 2.45) is 5.41 Å². The fourth-order valence-corrected chi connectivity index (χ4v) is 1.82. The van der Waals surface area contributed by atoms with Crippen LogP contribution in [-0.2, 0) is 6.42 Å². The molecule has 1 aliphatic carbocycles. The third-order valence-corrected chi connectivity index (χ3v) is 3.10. The molecule has 3 N–H and O–H groups in total. The standard InChI is InChI=1S/C12H20N4/c1-4-5-10-15-9(13)6-11(16-10)14-8-7-12(8,2)3/h6,8H,4-5,7H2,1-3H3,(H3,13,14,15,16). The van der Waals surface area contributed by atoms with Crippen LogP contribution in [0.25, 0.3) is 0 Å². The predicted molar refractivity (Wildman–Crippen MR) is 66.2 cm³/mol. The van der Waals surface area contributed by atoms with Crippen LogP contribution in [0, 0.1) is 5.41 Å². The second kappa shape index (κ2) is 3.92. The Hall–Kier alpha value is -1.32. The van der Waals surface area contributed by atoms with Gasteiger partial charge in [0.15, 0.2) is 0 Å². The van der Waals surface area contributed by atoms with Gasteiger partial charge in [0, 0.05) is 18.5 Å². The smallest absolute Gasteiger partial charge is 0.133 e. The van der Waals surface area contributed by atoms with Gasteiger partial charge >= 0.3 is 0 Å². The molecule has 1 heterocycles. The fraction of sp³-hybridized carbons (Fsp3) is 0.667. The number of aryl methyl sites for hydroxylation is 1. The number of hydrogen-bond donors (Lipinski definition) is 2. The first kappa shape index (κ1) is 11.2. The zero-order valence-corrected chi connectivity index (χ0v) is 10.2. The monoisotopic (exact) mass is 220 g/mol. The molecule has 16 heavy (non-hydrogen) atoms. The summed E-state index contributed by atoms with van der Waals surface area (Å²) in [5, 5.41) is 3.41. The maximum atomic E-state index is 5.76. The minimum atomic E-state index is 0.393. The molecule has 4 heteroatoms. The van der Waals surface area contributed by atoms with Crippen LogP contribution in [0.1, 0.15) is 39.4 Å². The summed E-state index contributed by atoms with van der Waals surface area (Å²) in [6.07, 6.45) is 3.12. The van der Waals surface area contributed by atoms with E-state index in [1.54, 1.807) is 0 Å². The zero-order chi connectivity index (χ0) is 11.8. The summed E-state index contributed by atoms with van der Waals surface area (Å²) in [5.74, 6) is 2.26. The molecule has 88 valence electrons. The summed E-state index contributed by atoms with van der Waals surface area (Å²) in [6.45, 7) is 6.62. The lowest BCUT2D eigenvalue weighted by Crippen LogP contribution is -2.12. The Balaban J connectivity index is 2.09. The van der Waals surface area contributed by atoms with Gasteiger partial charge in [-0.15, -0.1) is 0 Å². The van der Waals surface area contributed by atoms with Crippen LogP contribution in [0.15, 0.2) is 6.07 Å². The van der Waals surface area contributed by atoms with E-state index in [1.807, 2.05) is 6.07 Å². The molecule has 0 amide bonds. The molecule has 0 bridgehead atoms. The van der Waals surface area contributed by atoms with E-state index in [9.17, 15) is 0 Å². The molecule has 0 saturated heterocycles. The van der Waals surface area contributed by atoms with Gasteiger partial charge in [-0.25, -0.2) is 9.97 Å². The van der Waals surface area contributed by atoms with E-state index in [0.29, 0.717) is 17.3 Å². The highest BCUT2D eigenvalue weighted by Crippen LogP contribution is 2.46. The summed E-state index contributed by atoms with van der Waals surface area (Å²) in [4.78, 5) is 8.68. The van der Waals surface area contributed by atoms with E-state index in [1.165, 1.54) is 6.42 Å². The summed E-state index contributed by atoms with van der Waals surface area (Å²) in [7, 11) is 0. The minimum absolute atomic E-state index is 0.393. The highest BCUT2D eigenvalue weighted by molar-refractivity contribution is 5.46. The van der Waals surface area contributed by atoms with Gasteiger partial charge in [-0.3, -0.25) is 0 Å². The average molecular weight is 220 g/mol. The Morgan fingerprint density at radius 1 is 1.50 bits per heavy atom. The zero-order valence-electron chi connectivity index (χ0n) is 10.2. The van der Waals surface area contributed by atoms with E-state index in [4.69, 9.17) is 5.73 Å². The van der Waals surface area contributed by atoms with Gasteiger partial charge in [-0.2, -0.15) is 0 Å². The van der Waals surface area contributed by atoms with Gasteiger partial charge in [0.1, 0.15) is 17.5 Å². The van der Waals surface area contributed by atoms with Crippen molar-refractivity contribution < 1.29 is 0 Å². The van der Waals surface area contributed by atoms with Crippen LogP contribution >= 0.6 is 0 Å².